The van der Waals surface area contributed by atoms with Crippen molar-refractivity contribution in [1.29, 1.82) is 0 Å². The zero-order valence-corrected chi connectivity index (χ0v) is 8.99. The predicted octanol–water partition coefficient (Wildman–Crippen LogP) is 2.83. The molecule has 0 fully saturated rings. The highest BCUT2D eigenvalue weighted by Crippen LogP contribution is 2.32. The third-order valence-corrected chi connectivity index (χ3v) is 2.72. The van der Waals surface area contributed by atoms with Crippen molar-refractivity contribution in [3.05, 3.63) is 64.5 Å². The lowest BCUT2D eigenvalue weighted by atomic mass is 9.86. The number of hydrogen-bond donors (Lipinski definition) is 1. The second kappa shape index (κ2) is 3.90. The van der Waals surface area contributed by atoms with E-state index in [1.807, 2.05) is 50.3 Å². The second-order valence-electron chi connectivity index (χ2n) is 3.56. The van der Waals surface area contributed by atoms with E-state index in [-0.39, 0.29) is 0 Å². The zero-order chi connectivity index (χ0) is 10.8. The second-order valence-corrected chi connectivity index (χ2v) is 3.56. The molecule has 0 aromatic rings. The van der Waals surface area contributed by atoms with E-state index in [2.05, 4.69) is 5.73 Å². The first-order valence-corrected chi connectivity index (χ1v) is 5.14. The van der Waals surface area contributed by atoms with Gasteiger partial charge in [-0.2, -0.15) is 0 Å². The minimum atomic E-state index is -0.541. The summed E-state index contributed by atoms with van der Waals surface area (Å²) in [6.07, 6.45) is 11.3. The molecule has 0 saturated carbocycles. The van der Waals surface area contributed by atoms with Crippen LogP contribution in [0.15, 0.2) is 64.5 Å². The Labute approximate surface area is 90.1 Å². The maximum atomic E-state index is 10.1. The SMILES string of the molecule is C/C=C1/C2=C=C(C=CC=C2)C(O)/C1=C/C. The molecule has 0 aliphatic heterocycles. The summed E-state index contributed by atoms with van der Waals surface area (Å²) in [6.45, 7) is 3.94. The average molecular weight is 198 g/mol. The summed E-state index contributed by atoms with van der Waals surface area (Å²) in [5.74, 6) is 0. The van der Waals surface area contributed by atoms with Crippen molar-refractivity contribution in [3.8, 4) is 0 Å². The Morgan fingerprint density at radius 3 is 2.60 bits per heavy atom. The quantitative estimate of drug-likeness (QED) is 0.593. The topological polar surface area (TPSA) is 20.2 Å². The average Bonchev–Trinajstić information content (AvgIpc) is 2.47. The fraction of sp³-hybridized carbons (Fsp3) is 0.214. The Balaban J connectivity index is 2.67. The van der Waals surface area contributed by atoms with Crippen molar-refractivity contribution in [2.24, 2.45) is 0 Å². The van der Waals surface area contributed by atoms with E-state index in [0.717, 1.165) is 22.3 Å². The molecule has 2 aliphatic rings. The van der Waals surface area contributed by atoms with Gasteiger partial charge in [-0.05, 0) is 37.1 Å². The molecule has 2 aliphatic carbocycles. The van der Waals surface area contributed by atoms with Crippen molar-refractivity contribution < 1.29 is 5.11 Å². The standard InChI is InChI=1S/C14H14O/c1-3-12-10-7-5-6-8-11(9-10)14(15)13(12)4-2/h3-8,14-15H,1-2H3/b12-3-,13-4+. The van der Waals surface area contributed by atoms with Gasteiger partial charge in [0.25, 0.3) is 0 Å². The van der Waals surface area contributed by atoms with Crippen molar-refractivity contribution in [3.63, 3.8) is 0 Å². The molecule has 1 N–H and O–H groups in total. The summed E-state index contributed by atoms with van der Waals surface area (Å²) >= 11 is 0. The molecule has 0 amide bonds. The monoisotopic (exact) mass is 198 g/mol. The lowest BCUT2D eigenvalue weighted by Crippen LogP contribution is -2.17. The van der Waals surface area contributed by atoms with Crippen LogP contribution in [0.25, 0.3) is 0 Å². The molecule has 1 unspecified atom stereocenters. The van der Waals surface area contributed by atoms with Gasteiger partial charge in [-0.1, -0.05) is 24.3 Å². The van der Waals surface area contributed by atoms with Gasteiger partial charge >= 0.3 is 0 Å². The van der Waals surface area contributed by atoms with Crippen LogP contribution in [-0.2, 0) is 0 Å². The van der Waals surface area contributed by atoms with Gasteiger partial charge in [0, 0.05) is 11.1 Å². The van der Waals surface area contributed by atoms with Crippen LogP contribution in [0, 0.1) is 0 Å². The van der Waals surface area contributed by atoms with E-state index in [0.29, 0.717) is 0 Å². The lowest BCUT2D eigenvalue weighted by Gasteiger charge is -2.21. The molecule has 1 atom stereocenters. The summed E-state index contributed by atoms with van der Waals surface area (Å²) in [7, 11) is 0. The number of aliphatic hydroxyl groups excluding tert-OH is 1. The van der Waals surface area contributed by atoms with Gasteiger partial charge < -0.3 is 5.11 Å². The van der Waals surface area contributed by atoms with E-state index in [4.69, 9.17) is 0 Å². The largest absolute Gasteiger partial charge is 0.383 e. The highest BCUT2D eigenvalue weighted by molar-refractivity contribution is 5.61. The molecule has 2 rings (SSSR count). The van der Waals surface area contributed by atoms with Crippen LogP contribution in [0.3, 0.4) is 0 Å². The third-order valence-electron chi connectivity index (χ3n) is 2.72. The van der Waals surface area contributed by atoms with Crippen LogP contribution in [0.5, 0.6) is 0 Å². The van der Waals surface area contributed by atoms with Crippen LogP contribution in [0.1, 0.15) is 13.8 Å². The normalized spacial score (nSPS) is 29.1. The van der Waals surface area contributed by atoms with Crippen LogP contribution in [-0.4, -0.2) is 11.2 Å². The molecule has 0 saturated heterocycles. The molecule has 0 radical (unpaired) electrons. The van der Waals surface area contributed by atoms with Crippen LogP contribution >= 0.6 is 0 Å². The zero-order valence-electron chi connectivity index (χ0n) is 8.99. The van der Waals surface area contributed by atoms with Crippen molar-refractivity contribution in [2.45, 2.75) is 20.0 Å². The van der Waals surface area contributed by atoms with Gasteiger partial charge in [0.15, 0.2) is 0 Å². The van der Waals surface area contributed by atoms with Gasteiger partial charge in [-0.15, -0.1) is 5.73 Å². The van der Waals surface area contributed by atoms with Crippen LogP contribution in [0.2, 0.25) is 0 Å². The summed E-state index contributed by atoms with van der Waals surface area (Å²) in [5, 5.41) is 10.1. The smallest absolute Gasteiger partial charge is 0.111 e. The maximum absolute atomic E-state index is 10.1. The van der Waals surface area contributed by atoms with E-state index in [9.17, 15) is 5.11 Å². The molecule has 0 aromatic carbocycles. The van der Waals surface area contributed by atoms with Crippen molar-refractivity contribution >= 4 is 0 Å². The summed E-state index contributed by atoms with van der Waals surface area (Å²) in [4.78, 5) is 0. The maximum Gasteiger partial charge on any atom is 0.111 e. The lowest BCUT2D eigenvalue weighted by molar-refractivity contribution is 0.252. The summed E-state index contributed by atoms with van der Waals surface area (Å²) < 4.78 is 0. The van der Waals surface area contributed by atoms with Gasteiger partial charge in [0.2, 0.25) is 0 Å². The highest BCUT2D eigenvalue weighted by Gasteiger charge is 2.23. The summed E-state index contributed by atoms with van der Waals surface area (Å²) in [6, 6.07) is 0. The van der Waals surface area contributed by atoms with Crippen LogP contribution in [0.4, 0.5) is 0 Å². The molecule has 0 aromatic heterocycles. The van der Waals surface area contributed by atoms with Gasteiger partial charge in [-0.3, -0.25) is 0 Å². The molecular weight excluding hydrogens is 184 g/mol. The van der Waals surface area contributed by atoms with Gasteiger partial charge in [0.05, 0.1) is 0 Å². The first kappa shape index (κ1) is 9.97. The van der Waals surface area contributed by atoms with Gasteiger partial charge in [0.1, 0.15) is 6.10 Å². The molecular formula is C14H14O. The first-order valence-electron chi connectivity index (χ1n) is 5.14. The Morgan fingerprint density at radius 1 is 1.20 bits per heavy atom. The van der Waals surface area contributed by atoms with E-state index in [1.165, 1.54) is 0 Å². The fourth-order valence-electron chi connectivity index (χ4n) is 1.97. The minimum absolute atomic E-state index is 0.541. The molecule has 1 heteroatoms. The fourth-order valence-corrected chi connectivity index (χ4v) is 1.97. The number of hydrogen-bond acceptors (Lipinski definition) is 1. The van der Waals surface area contributed by atoms with Gasteiger partial charge in [-0.25, -0.2) is 0 Å². The van der Waals surface area contributed by atoms with E-state index in [1.54, 1.807) is 0 Å². The van der Waals surface area contributed by atoms with Crippen molar-refractivity contribution in [1.82, 2.24) is 0 Å². The number of aliphatic hydroxyl groups is 1. The summed E-state index contributed by atoms with van der Waals surface area (Å²) in [5.41, 5.74) is 7.17. The van der Waals surface area contributed by atoms with E-state index < -0.39 is 6.10 Å². The first-order chi connectivity index (χ1) is 7.27. The Morgan fingerprint density at radius 2 is 1.93 bits per heavy atom. The minimum Gasteiger partial charge on any atom is -0.383 e. The molecule has 0 heterocycles. The molecule has 2 bridgehead atoms. The Kier molecular flexibility index (Phi) is 2.59. The molecule has 0 spiro atoms. The Bertz CT molecular complexity index is 464. The number of rotatable bonds is 0. The predicted molar refractivity (Wildman–Crippen MR) is 62.3 cm³/mol. The Hall–Kier alpha value is -1.56. The van der Waals surface area contributed by atoms with E-state index >= 15 is 0 Å². The third kappa shape index (κ3) is 1.56. The number of allylic oxidation sites excluding steroid dienone is 5. The van der Waals surface area contributed by atoms with Crippen molar-refractivity contribution in [2.75, 3.05) is 0 Å². The molecule has 15 heavy (non-hydrogen) atoms. The van der Waals surface area contributed by atoms with Crippen LogP contribution < -0.4 is 0 Å². The molecule has 76 valence electrons. The molecule has 1 nitrogen and oxygen atoms in total. The highest BCUT2D eigenvalue weighted by atomic mass is 16.3.